The number of anilines is 2. The lowest BCUT2D eigenvalue weighted by molar-refractivity contribution is 0.0206. The van der Waals surface area contributed by atoms with E-state index in [9.17, 15) is 43.2 Å². The first kappa shape index (κ1) is 62.7. The molecule has 6 atom stereocenters. The van der Waals surface area contributed by atoms with Crippen molar-refractivity contribution in [3.05, 3.63) is 155 Å². The summed E-state index contributed by atoms with van der Waals surface area (Å²) in [6.07, 6.45) is -8.08. The molecule has 456 valence electrons. The number of rotatable bonds is 20. The average molecular weight is 1240 g/mol. The van der Waals surface area contributed by atoms with Crippen LogP contribution in [0.3, 0.4) is 0 Å². The molecule has 0 amide bonds. The molecule has 0 aliphatic carbocycles. The maximum Gasteiger partial charge on any atom is 0.274 e. The van der Waals surface area contributed by atoms with E-state index in [4.69, 9.17) is 9.47 Å². The highest BCUT2D eigenvalue weighted by Gasteiger charge is 2.29. The Morgan fingerprint density at radius 1 is 0.512 bits per heavy atom. The molecule has 0 saturated carbocycles. The smallest absolute Gasteiger partial charge is 0.274 e. The molecule has 0 bridgehead atoms. The Morgan fingerprint density at radius 2 is 0.895 bits per heavy atom. The summed E-state index contributed by atoms with van der Waals surface area (Å²) in [6.45, 7) is 3.62. The van der Waals surface area contributed by atoms with Crippen LogP contribution in [-0.4, -0.2) is 122 Å². The van der Waals surface area contributed by atoms with Gasteiger partial charge in [-0.25, -0.2) is 70.7 Å². The molecule has 4 aromatic heterocycles. The fourth-order valence-electron chi connectivity index (χ4n) is 9.47. The molecule has 28 heteroatoms. The topological polar surface area (TPSA) is 212 Å². The van der Waals surface area contributed by atoms with Gasteiger partial charge in [-0.2, -0.15) is 19.9 Å². The average Bonchev–Trinajstić information content (AvgIpc) is 1.15. The van der Waals surface area contributed by atoms with Crippen molar-refractivity contribution >= 4 is 53.6 Å². The molecule has 0 spiro atoms. The number of sulfone groups is 2. The monoisotopic (exact) mass is 1240 g/mol. The van der Waals surface area contributed by atoms with Crippen LogP contribution in [-0.2, 0) is 42.7 Å². The number of nitrogens with one attached hydrogen (secondary N) is 4. The van der Waals surface area contributed by atoms with Crippen LogP contribution in [0.5, 0.6) is 11.8 Å². The minimum absolute atomic E-state index is 0.0165. The Labute approximate surface area is 487 Å². The van der Waals surface area contributed by atoms with Gasteiger partial charge in [0.1, 0.15) is 12.3 Å². The highest BCUT2D eigenvalue weighted by atomic mass is 32.2. The van der Waals surface area contributed by atoms with Crippen LogP contribution in [0.2, 0.25) is 0 Å². The maximum absolute atomic E-state index is 15.5. The number of fused-ring (bicyclic) bond motifs is 2. The third kappa shape index (κ3) is 16.0. The normalized spacial score (nSPS) is 18.1. The van der Waals surface area contributed by atoms with Gasteiger partial charge in [0, 0.05) is 108 Å². The number of pyridine rings is 2. The minimum atomic E-state index is -3.86. The molecule has 2 saturated heterocycles. The van der Waals surface area contributed by atoms with Crippen molar-refractivity contribution in [3.8, 4) is 34.0 Å². The quantitative estimate of drug-likeness (QED) is 0.0523. The van der Waals surface area contributed by atoms with E-state index in [2.05, 4.69) is 51.2 Å². The second-order valence-electron chi connectivity index (χ2n) is 20.7. The number of piperidine rings is 2. The van der Waals surface area contributed by atoms with Crippen LogP contribution in [0.25, 0.3) is 44.3 Å². The van der Waals surface area contributed by atoms with Crippen LogP contribution >= 0.6 is 0 Å². The van der Waals surface area contributed by atoms with E-state index in [-0.39, 0.29) is 117 Å². The number of hydrogen-bond acceptors (Lipinski definition) is 16. The van der Waals surface area contributed by atoms with Gasteiger partial charge in [0.25, 0.3) is 12.9 Å². The summed E-state index contributed by atoms with van der Waals surface area (Å²) in [5, 5.41) is 12.4. The first-order chi connectivity index (χ1) is 41.0. The van der Waals surface area contributed by atoms with Gasteiger partial charge in [0.05, 0.1) is 23.0 Å². The van der Waals surface area contributed by atoms with Crippen molar-refractivity contribution in [2.75, 3.05) is 36.8 Å². The van der Waals surface area contributed by atoms with E-state index in [1.54, 1.807) is 60.7 Å². The van der Waals surface area contributed by atoms with Gasteiger partial charge in [-0.1, -0.05) is 84.9 Å². The zero-order valence-corrected chi connectivity index (χ0v) is 47.4. The van der Waals surface area contributed by atoms with Crippen LogP contribution in [0.4, 0.5) is 55.8 Å². The van der Waals surface area contributed by atoms with E-state index in [0.717, 1.165) is 38.1 Å². The molecule has 4 N–H and O–H groups in total. The summed E-state index contributed by atoms with van der Waals surface area (Å²) in [6, 6.07) is 23.2. The van der Waals surface area contributed by atoms with Gasteiger partial charge in [0.15, 0.2) is 66.4 Å². The minimum Gasteiger partial charge on any atom is -0.468 e. The lowest BCUT2D eigenvalue weighted by Crippen LogP contribution is -2.44. The van der Waals surface area contributed by atoms with E-state index < -0.39 is 104 Å². The molecular weight excluding hydrogens is 1190 g/mol. The first-order valence-corrected chi connectivity index (χ1v) is 30.5. The molecule has 0 radical (unpaired) electrons. The van der Waals surface area contributed by atoms with Crippen LogP contribution in [0.1, 0.15) is 48.9 Å². The fraction of sp³-hybridized carbons (Fsp3) is 0.345. The number of hydrogen-bond donors (Lipinski definition) is 4. The zero-order valence-electron chi connectivity index (χ0n) is 45.8. The number of ether oxygens (including phenoxy) is 2. The highest BCUT2D eigenvalue weighted by molar-refractivity contribution is 7.90. The van der Waals surface area contributed by atoms with Crippen LogP contribution in [0.15, 0.2) is 109 Å². The molecule has 10 rings (SSSR count). The Balaban J connectivity index is 0.000000205. The standard InChI is InChI=1S/2C29H28F5N5O3S/c2*1-16(26(33)34)42-28-23(9-19-11-36-29(39-27(19)38-28)37-21-10-20(30)12-35-13-21)22-8-7-18(24(31)25(22)32)15-43(40,41)14-17-5-3-2-4-6-17/h2*2-9,11,16,20-21,26,35H,10,12-15H2,1H3,(H,36,37,38,39)/t2*16?,20-,21-/m00/s1. The van der Waals surface area contributed by atoms with Gasteiger partial charge in [0.2, 0.25) is 23.7 Å². The number of aromatic nitrogens is 6. The molecule has 2 unspecified atom stereocenters. The fourth-order valence-corrected chi connectivity index (χ4v) is 12.5. The second-order valence-corrected chi connectivity index (χ2v) is 24.8. The molecule has 2 fully saturated rings. The SMILES string of the molecule is CC(Oc1nc2nc(N[C@@H]3CNC[C@@H](F)C3)ncc2cc1-c1ccc(CS(=O)(=O)Cc2ccccc2)c(F)c1F)C(F)F.CC(Oc1nc2nc(N[C@@H]3CNC[C@@H](F)C3)ncc2cc1-c1ccc(CS(=O)(=O)Cc2ccccc2)c(F)c1F)C(F)F. The summed E-state index contributed by atoms with van der Waals surface area (Å²) in [5.41, 5.74) is -0.811. The summed E-state index contributed by atoms with van der Waals surface area (Å²) in [4.78, 5) is 25.4. The predicted molar refractivity (Wildman–Crippen MR) is 303 cm³/mol. The number of alkyl halides is 6. The Morgan fingerprint density at radius 3 is 1.26 bits per heavy atom. The third-order valence-electron chi connectivity index (χ3n) is 13.7. The summed E-state index contributed by atoms with van der Waals surface area (Å²) in [7, 11) is -7.72. The number of benzene rings is 4. The lowest BCUT2D eigenvalue weighted by atomic mass is 10.0. The summed E-state index contributed by atoms with van der Waals surface area (Å²) >= 11 is 0. The summed E-state index contributed by atoms with van der Waals surface area (Å²) in [5.74, 6) is -8.47. The van der Waals surface area contributed by atoms with E-state index >= 15 is 17.6 Å². The maximum atomic E-state index is 15.5. The van der Waals surface area contributed by atoms with Crippen LogP contribution in [0, 0.1) is 23.3 Å². The molecule has 16 nitrogen and oxygen atoms in total. The molecular formula is C58H56F10N10O6S2. The first-order valence-electron chi connectivity index (χ1n) is 26.9. The third-order valence-corrected chi connectivity index (χ3v) is 16.8. The van der Waals surface area contributed by atoms with Gasteiger partial charge >= 0.3 is 0 Å². The largest absolute Gasteiger partial charge is 0.468 e. The molecule has 86 heavy (non-hydrogen) atoms. The van der Waals surface area contributed by atoms with E-state index in [1.165, 1.54) is 24.5 Å². The van der Waals surface area contributed by atoms with Crippen molar-refractivity contribution in [1.29, 1.82) is 0 Å². The molecule has 8 aromatic rings. The Kier molecular flexibility index (Phi) is 19.9. The second kappa shape index (κ2) is 27.3. The van der Waals surface area contributed by atoms with Crippen molar-refractivity contribution in [1.82, 2.24) is 40.5 Å². The van der Waals surface area contributed by atoms with Crippen molar-refractivity contribution < 1.29 is 70.2 Å². The van der Waals surface area contributed by atoms with Gasteiger partial charge in [-0.15, -0.1) is 0 Å². The van der Waals surface area contributed by atoms with Crippen molar-refractivity contribution in [2.45, 2.75) is 99.2 Å². The van der Waals surface area contributed by atoms with E-state index in [1.807, 2.05) is 0 Å². The van der Waals surface area contributed by atoms with Gasteiger partial charge in [-0.05, 0) is 37.1 Å². The zero-order chi connectivity index (χ0) is 61.5. The van der Waals surface area contributed by atoms with Gasteiger partial charge < -0.3 is 30.7 Å². The van der Waals surface area contributed by atoms with E-state index in [0.29, 0.717) is 24.2 Å². The van der Waals surface area contributed by atoms with Crippen molar-refractivity contribution in [2.24, 2.45) is 0 Å². The number of nitrogens with zero attached hydrogens (tertiary/aromatic N) is 6. The van der Waals surface area contributed by atoms with Crippen LogP contribution < -0.4 is 30.7 Å². The molecule has 2 aliphatic rings. The Hall–Kier alpha value is -7.82. The van der Waals surface area contributed by atoms with Gasteiger partial charge in [-0.3, -0.25) is 0 Å². The lowest BCUT2D eigenvalue weighted by Gasteiger charge is -2.26. The molecule has 4 aromatic carbocycles. The molecule has 2 aliphatic heterocycles. The highest BCUT2D eigenvalue weighted by Crippen LogP contribution is 2.38. The molecule has 6 heterocycles. The summed E-state index contributed by atoms with van der Waals surface area (Å²) < 4.78 is 204. The van der Waals surface area contributed by atoms with Crippen molar-refractivity contribution in [3.63, 3.8) is 0 Å². The number of halogens is 10. The Bertz CT molecular complexity index is 3680. The predicted octanol–water partition coefficient (Wildman–Crippen LogP) is 10.5.